The largest absolute Gasteiger partial charge is 0.369 e. The Kier molecular flexibility index (Phi) is 5.64. The van der Waals surface area contributed by atoms with Crippen LogP contribution in [-0.4, -0.2) is 10.4 Å². The van der Waals surface area contributed by atoms with Crippen LogP contribution in [0.2, 0.25) is 0 Å². The molecule has 0 amide bonds. The molecule has 218 valence electrons. The molecule has 1 N–H and O–H groups in total. The van der Waals surface area contributed by atoms with Gasteiger partial charge in [0.15, 0.2) is 0 Å². The van der Waals surface area contributed by atoms with Crippen LogP contribution < -0.4 is 5.32 Å². The van der Waals surface area contributed by atoms with Crippen molar-refractivity contribution in [3.05, 3.63) is 161 Å². The molecule has 46 heavy (non-hydrogen) atoms. The molecule has 4 nitrogen and oxygen atoms in total. The first-order chi connectivity index (χ1) is 22.5. The predicted octanol–water partition coefficient (Wildman–Crippen LogP) is 9.74. The van der Waals surface area contributed by atoms with E-state index >= 15 is 0 Å². The molecule has 0 fully saturated rings. The fourth-order valence-corrected chi connectivity index (χ4v) is 7.54. The number of fused-ring (bicyclic) bond motifs is 6. The highest BCUT2D eigenvalue weighted by molar-refractivity contribution is 6.18. The summed E-state index contributed by atoms with van der Waals surface area (Å²) < 4.78 is 2.32. The van der Waals surface area contributed by atoms with E-state index in [1.54, 1.807) is 0 Å². The topological polar surface area (TPSA) is 53.1 Å². The van der Waals surface area contributed by atoms with Crippen LogP contribution in [0.3, 0.4) is 0 Å². The summed E-state index contributed by atoms with van der Waals surface area (Å²) in [6, 6.07) is 49.0. The molecule has 7 aromatic rings. The van der Waals surface area contributed by atoms with Gasteiger partial charge >= 0.3 is 0 Å². The van der Waals surface area contributed by atoms with E-state index in [9.17, 15) is 5.26 Å². The summed E-state index contributed by atoms with van der Waals surface area (Å²) in [5.41, 5.74) is 10.2. The SMILES string of the molecule is CC1(C)C2=C(NC(c3ccccc3C#N)C(n3c4ccccc4c4cc5ccccc5cc43)=N2)c2ccc(-c3ccccc3)cc21. The molecule has 9 rings (SSSR count). The average Bonchev–Trinajstić information content (AvgIpc) is 3.54. The van der Waals surface area contributed by atoms with Gasteiger partial charge in [-0.15, -0.1) is 0 Å². The lowest BCUT2D eigenvalue weighted by atomic mass is 9.83. The molecule has 0 spiro atoms. The molecule has 1 aliphatic carbocycles. The summed E-state index contributed by atoms with van der Waals surface area (Å²) in [4.78, 5) is 5.66. The molecular formula is C42H30N4. The zero-order valence-electron chi connectivity index (χ0n) is 25.6. The van der Waals surface area contributed by atoms with Gasteiger partial charge in [-0.25, -0.2) is 4.99 Å². The van der Waals surface area contributed by atoms with Gasteiger partial charge in [0.25, 0.3) is 0 Å². The number of benzene rings is 6. The molecule has 1 atom stereocenters. The lowest BCUT2D eigenvalue weighted by molar-refractivity contribution is 0.619. The van der Waals surface area contributed by atoms with E-state index in [0.717, 1.165) is 39.4 Å². The molecule has 1 aromatic heterocycles. The highest BCUT2D eigenvalue weighted by Crippen LogP contribution is 2.50. The molecule has 0 radical (unpaired) electrons. The number of aliphatic imine (C=N–C) groups is 1. The number of hydrogen-bond acceptors (Lipinski definition) is 3. The minimum absolute atomic E-state index is 0.348. The third-order valence-electron chi connectivity index (χ3n) is 9.83. The molecule has 1 aliphatic heterocycles. The molecule has 6 aromatic carbocycles. The second kappa shape index (κ2) is 9.79. The monoisotopic (exact) mass is 590 g/mol. The number of aromatic nitrogens is 1. The van der Waals surface area contributed by atoms with Crippen LogP contribution in [0.1, 0.15) is 42.1 Å². The van der Waals surface area contributed by atoms with Gasteiger partial charge in [0.2, 0.25) is 0 Å². The molecule has 0 saturated carbocycles. The Labute approximate surface area is 267 Å². The maximum Gasteiger partial charge on any atom is 0.141 e. The first kappa shape index (κ1) is 26.5. The third kappa shape index (κ3) is 3.76. The number of nitriles is 1. The van der Waals surface area contributed by atoms with Gasteiger partial charge in [0, 0.05) is 21.8 Å². The summed E-state index contributed by atoms with van der Waals surface area (Å²) in [5.74, 6) is 0.868. The van der Waals surface area contributed by atoms with Crippen molar-refractivity contribution in [2.75, 3.05) is 0 Å². The molecule has 1 unspecified atom stereocenters. The summed E-state index contributed by atoms with van der Waals surface area (Å²) in [5, 5.41) is 19.0. The average molecular weight is 591 g/mol. The maximum atomic E-state index is 10.3. The quantitative estimate of drug-likeness (QED) is 0.218. The fourth-order valence-electron chi connectivity index (χ4n) is 7.54. The van der Waals surface area contributed by atoms with Crippen LogP contribution >= 0.6 is 0 Å². The Morgan fingerprint density at radius 3 is 2.24 bits per heavy atom. The van der Waals surface area contributed by atoms with Gasteiger partial charge in [-0.1, -0.05) is 117 Å². The maximum absolute atomic E-state index is 10.3. The van der Waals surface area contributed by atoms with E-state index in [-0.39, 0.29) is 11.5 Å². The number of hydrogen-bond donors (Lipinski definition) is 1. The summed E-state index contributed by atoms with van der Waals surface area (Å²) >= 11 is 0. The molecule has 4 heteroatoms. The van der Waals surface area contributed by atoms with Gasteiger partial charge in [-0.05, 0) is 63.4 Å². The summed E-state index contributed by atoms with van der Waals surface area (Å²) in [7, 11) is 0. The van der Waals surface area contributed by atoms with Crippen LogP contribution in [0, 0.1) is 11.3 Å². The van der Waals surface area contributed by atoms with E-state index in [0.29, 0.717) is 5.56 Å². The minimum atomic E-state index is -0.351. The zero-order chi connectivity index (χ0) is 31.0. The van der Waals surface area contributed by atoms with Crippen molar-refractivity contribution in [2.45, 2.75) is 25.3 Å². The van der Waals surface area contributed by atoms with Gasteiger partial charge in [-0.3, -0.25) is 4.57 Å². The second-order valence-corrected chi connectivity index (χ2v) is 12.8. The second-order valence-electron chi connectivity index (χ2n) is 12.8. The lowest BCUT2D eigenvalue weighted by Crippen LogP contribution is -2.36. The van der Waals surface area contributed by atoms with Gasteiger partial charge in [0.1, 0.15) is 11.9 Å². The molecule has 0 bridgehead atoms. The van der Waals surface area contributed by atoms with E-state index in [4.69, 9.17) is 4.99 Å². The number of nitrogens with zero attached hydrogens (tertiary/aromatic N) is 3. The smallest absolute Gasteiger partial charge is 0.141 e. The Hall–Kier alpha value is -5.92. The van der Waals surface area contributed by atoms with Crippen molar-refractivity contribution in [2.24, 2.45) is 4.99 Å². The Bertz CT molecular complexity index is 2490. The Morgan fingerprint density at radius 1 is 0.696 bits per heavy atom. The summed E-state index contributed by atoms with van der Waals surface area (Å²) in [6.07, 6.45) is 0. The zero-order valence-corrected chi connectivity index (χ0v) is 25.6. The van der Waals surface area contributed by atoms with Crippen molar-refractivity contribution < 1.29 is 0 Å². The van der Waals surface area contributed by atoms with E-state index < -0.39 is 0 Å². The standard InChI is InChI=1S/C42H30N4/c1-42(2)35-23-29(26-12-4-3-5-13-26)20-21-33(35)38-40(42)45-41(39(44-38)31-17-9-8-16-30(31)25-43)46-36-19-11-10-18-32(36)34-22-27-14-6-7-15-28(27)24-37(34)46/h3-24,39,44H,1-2H3. The Balaban J connectivity index is 1.33. The van der Waals surface area contributed by atoms with E-state index in [2.05, 4.69) is 145 Å². The number of rotatable bonds is 2. The highest BCUT2D eigenvalue weighted by atomic mass is 15.2. The number of nitrogens with one attached hydrogen (secondary N) is 1. The minimum Gasteiger partial charge on any atom is -0.369 e. The van der Waals surface area contributed by atoms with Crippen LogP contribution in [0.25, 0.3) is 49.4 Å². The van der Waals surface area contributed by atoms with Crippen molar-refractivity contribution in [1.82, 2.24) is 9.88 Å². The van der Waals surface area contributed by atoms with E-state index in [1.807, 2.05) is 18.2 Å². The van der Waals surface area contributed by atoms with Crippen LogP contribution in [0.4, 0.5) is 0 Å². The van der Waals surface area contributed by atoms with Gasteiger partial charge < -0.3 is 5.32 Å². The van der Waals surface area contributed by atoms with E-state index in [1.165, 1.54) is 38.2 Å². The van der Waals surface area contributed by atoms with Crippen molar-refractivity contribution in [3.8, 4) is 17.2 Å². The lowest BCUT2D eigenvalue weighted by Gasteiger charge is -2.31. The molecule has 2 aliphatic rings. The molecule has 0 saturated heterocycles. The normalized spacial score (nSPS) is 16.6. The first-order valence-electron chi connectivity index (χ1n) is 15.7. The van der Waals surface area contributed by atoms with Crippen LogP contribution in [0.15, 0.2) is 144 Å². The third-order valence-corrected chi connectivity index (χ3v) is 9.83. The number of allylic oxidation sites excluding steroid dienone is 1. The number of para-hydroxylation sites is 1. The molecule has 2 heterocycles. The van der Waals surface area contributed by atoms with Crippen molar-refractivity contribution >= 4 is 44.1 Å². The van der Waals surface area contributed by atoms with Crippen LogP contribution in [0.5, 0.6) is 0 Å². The van der Waals surface area contributed by atoms with Gasteiger partial charge in [0.05, 0.1) is 34.1 Å². The van der Waals surface area contributed by atoms with Crippen molar-refractivity contribution in [3.63, 3.8) is 0 Å². The fraction of sp³-hybridized carbons (Fsp3) is 0.0952. The van der Waals surface area contributed by atoms with Crippen LogP contribution in [-0.2, 0) is 5.41 Å². The van der Waals surface area contributed by atoms with Gasteiger partial charge in [-0.2, -0.15) is 5.26 Å². The predicted molar refractivity (Wildman–Crippen MR) is 189 cm³/mol. The Morgan fingerprint density at radius 2 is 1.41 bits per heavy atom. The van der Waals surface area contributed by atoms with Crippen molar-refractivity contribution in [1.29, 1.82) is 5.26 Å². The summed E-state index contributed by atoms with van der Waals surface area (Å²) in [6.45, 7) is 4.54. The highest BCUT2D eigenvalue weighted by Gasteiger charge is 2.43. The molecular weight excluding hydrogens is 560 g/mol. The first-order valence-corrected chi connectivity index (χ1v) is 15.7.